The lowest BCUT2D eigenvalue weighted by atomic mass is 9.74. The van der Waals surface area contributed by atoms with Gasteiger partial charge < -0.3 is 34.4 Å². The van der Waals surface area contributed by atoms with Crippen LogP contribution in [0, 0.1) is 41.4 Å². The fourth-order valence-electron chi connectivity index (χ4n) is 8.86. The Morgan fingerprint density at radius 2 is 1.59 bits per heavy atom. The molecule has 3 rings (SSSR count). The van der Waals surface area contributed by atoms with Gasteiger partial charge in [-0.2, -0.15) is 5.26 Å². The minimum atomic E-state index is -1.63. The van der Waals surface area contributed by atoms with Crippen molar-refractivity contribution in [3.63, 3.8) is 0 Å². The van der Waals surface area contributed by atoms with Gasteiger partial charge in [-0.15, -0.1) is 0 Å². The lowest BCUT2D eigenvalue weighted by Crippen LogP contribution is -2.57. The highest BCUT2D eigenvalue weighted by Crippen LogP contribution is 2.56. The maximum absolute atomic E-state index is 14.1. The summed E-state index contributed by atoms with van der Waals surface area (Å²) < 4.78 is 19.4. The zero-order chi connectivity index (χ0) is 33.4. The minimum Gasteiger partial charge on any atom is -0.392 e. The summed E-state index contributed by atoms with van der Waals surface area (Å²) >= 11 is 0. The molecule has 256 valence electrons. The van der Waals surface area contributed by atoms with Gasteiger partial charge in [0.1, 0.15) is 11.4 Å². The van der Waals surface area contributed by atoms with Crippen LogP contribution in [0.2, 0.25) is 0 Å². The van der Waals surface area contributed by atoms with Crippen molar-refractivity contribution in [1.29, 1.82) is 0 Å². The Labute approximate surface area is 264 Å². The predicted molar refractivity (Wildman–Crippen MR) is 164 cm³/mol. The topological polar surface area (TPSA) is 152 Å². The molecule has 0 saturated carbocycles. The van der Waals surface area contributed by atoms with E-state index in [1.165, 1.54) is 0 Å². The first-order valence-corrected chi connectivity index (χ1v) is 16.9. The molecule has 3 heterocycles. The molecule has 0 radical (unpaired) electrons. The molecule has 0 unspecified atom stereocenters. The second-order valence-electron chi connectivity index (χ2n) is 14.8. The Balaban J connectivity index is 1.76. The second-order valence-corrected chi connectivity index (χ2v) is 14.8. The molecule has 3 aliphatic rings. The van der Waals surface area contributed by atoms with Gasteiger partial charge in [-0.3, -0.25) is 4.79 Å². The molecule has 0 aromatic rings. The van der Waals surface area contributed by atoms with E-state index in [1.54, 1.807) is 6.92 Å². The highest BCUT2D eigenvalue weighted by Gasteiger charge is 2.67. The monoisotopic (exact) mass is 628 g/mol. The van der Waals surface area contributed by atoms with Crippen molar-refractivity contribution in [2.24, 2.45) is 41.4 Å². The van der Waals surface area contributed by atoms with Crippen LogP contribution in [-0.2, 0) is 28.7 Å². The summed E-state index contributed by atoms with van der Waals surface area (Å²) in [6.07, 6.45) is 0.237. The number of aliphatic hydroxyl groups excluding tert-OH is 2. The van der Waals surface area contributed by atoms with Crippen LogP contribution in [0.4, 0.5) is 0 Å². The van der Waals surface area contributed by atoms with Crippen molar-refractivity contribution in [2.45, 2.75) is 162 Å². The average molecular weight is 629 g/mol. The lowest BCUT2D eigenvalue weighted by Gasteiger charge is -2.44. The van der Waals surface area contributed by atoms with Gasteiger partial charge in [0.15, 0.2) is 5.79 Å². The minimum absolute atomic E-state index is 0.0570. The molecular formula is C34H60O10. The van der Waals surface area contributed by atoms with E-state index in [-0.39, 0.29) is 42.0 Å². The Morgan fingerprint density at radius 3 is 2.14 bits per heavy atom. The molecule has 0 bridgehead atoms. The third-order valence-electron chi connectivity index (χ3n) is 11.7. The van der Waals surface area contributed by atoms with Gasteiger partial charge in [0.05, 0.1) is 42.5 Å². The number of hydrogen-bond donors (Lipinski definition) is 4. The zero-order valence-corrected chi connectivity index (χ0v) is 28.6. The van der Waals surface area contributed by atoms with Crippen LogP contribution in [0.5, 0.6) is 0 Å². The molecule has 15 atom stereocenters. The summed E-state index contributed by atoms with van der Waals surface area (Å²) in [5, 5.41) is 43.2. The van der Waals surface area contributed by atoms with Gasteiger partial charge in [-0.05, 0) is 63.2 Å². The summed E-state index contributed by atoms with van der Waals surface area (Å²) in [5.41, 5.74) is -1.95. The van der Waals surface area contributed by atoms with E-state index < -0.39 is 65.1 Å². The number of ketones is 1. The van der Waals surface area contributed by atoms with E-state index in [9.17, 15) is 24.9 Å². The molecule has 10 nitrogen and oxygen atoms in total. The first-order valence-electron chi connectivity index (χ1n) is 16.9. The number of ether oxygens (including phenoxy) is 3. The standard InChI is InChI=1S/C34H60O10/c1-11-24(29(38)22(8)28(37)23(9)30-19(5)14-18(4)25(41-30)15-27(36)43-40)31-20(6)16-32(10,42-31)34(39)21(7)17-33(13-3,44-34)26(35)12-2/h18-26,28,30-31,35,37,39-40H,11-17H2,1-10H3/t18-,19+,20+,21-,22+,23+,24+,25+,26+,28-,30+,31+,32+,33-,34-/m1/s1. The molecule has 0 spiro atoms. The molecule has 3 saturated heterocycles. The van der Waals surface area contributed by atoms with Crippen LogP contribution in [-0.4, -0.2) is 79.8 Å². The number of carbonyl (C=O) groups is 2. The molecule has 0 amide bonds. The van der Waals surface area contributed by atoms with E-state index in [1.807, 2.05) is 62.3 Å². The van der Waals surface area contributed by atoms with E-state index in [0.29, 0.717) is 32.1 Å². The summed E-state index contributed by atoms with van der Waals surface area (Å²) in [6, 6.07) is 0. The maximum atomic E-state index is 14.1. The highest BCUT2D eigenvalue weighted by atomic mass is 17.1. The third-order valence-corrected chi connectivity index (χ3v) is 11.7. The number of aliphatic hydroxyl groups is 3. The largest absolute Gasteiger partial charge is 0.392 e. The summed E-state index contributed by atoms with van der Waals surface area (Å²) in [7, 11) is 0. The van der Waals surface area contributed by atoms with Gasteiger partial charge in [-0.25, -0.2) is 4.79 Å². The van der Waals surface area contributed by atoms with Crippen molar-refractivity contribution in [1.82, 2.24) is 0 Å². The van der Waals surface area contributed by atoms with Gasteiger partial charge in [0, 0.05) is 23.7 Å². The van der Waals surface area contributed by atoms with Gasteiger partial charge >= 0.3 is 5.97 Å². The molecule has 0 aromatic heterocycles. The molecule has 3 fully saturated rings. The van der Waals surface area contributed by atoms with Crippen LogP contribution in [0.1, 0.15) is 114 Å². The van der Waals surface area contributed by atoms with Gasteiger partial charge in [0.25, 0.3) is 0 Å². The average Bonchev–Trinajstić information content (AvgIpc) is 3.46. The summed E-state index contributed by atoms with van der Waals surface area (Å²) in [5.74, 6) is -4.28. The van der Waals surface area contributed by atoms with Crippen molar-refractivity contribution >= 4 is 11.8 Å². The van der Waals surface area contributed by atoms with Crippen molar-refractivity contribution < 1.29 is 49.3 Å². The first-order chi connectivity index (χ1) is 20.4. The van der Waals surface area contributed by atoms with Crippen LogP contribution in [0.3, 0.4) is 0 Å². The Hall–Kier alpha value is -1.14. The van der Waals surface area contributed by atoms with Crippen LogP contribution < -0.4 is 0 Å². The molecule has 44 heavy (non-hydrogen) atoms. The molecular weight excluding hydrogens is 568 g/mol. The third kappa shape index (κ3) is 6.78. The van der Waals surface area contributed by atoms with Crippen molar-refractivity contribution in [2.75, 3.05) is 0 Å². The Bertz CT molecular complexity index is 991. The van der Waals surface area contributed by atoms with Crippen LogP contribution >= 0.6 is 0 Å². The zero-order valence-electron chi connectivity index (χ0n) is 28.6. The summed E-state index contributed by atoms with van der Waals surface area (Å²) in [4.78, 5) is 29.7. The van der Waals surface area contributed by atoms with E-state index >= 15 is 0 Å². The van der Waals surface area contributed by atoms with E-state index in [2.05, 4.69) is 4.89 Å². The molecule has 0 aromatic carbocycles. The summed E-state index contributed by atoms with van der Waals surface area (Å²) in [6.45, 7) is 19.3. The molecule has 10 heteroatoms. The SMILES string of the molecule is CC[C@@H](C(=O)[C@@H](C)[C@@H](O)[C@H](C)[C@H]1O[C@@H](CC(=O)OO)[C@H](C)C[C@@H]1C)[C@H]1O[C@](C)([C@]2(O)O[C@@](CC)([C@@H](O)CC)C[C@H]2C)C[C@@H]1C. The van der Waals surface area contributed by atoms with E-state index in [4.69, 9.17) is 19.5 Å². The fraction of sp³-hybridized carbons (Fsp3) is 0.941. The van der Waals surface area contributed by atoms with Crippen molar-refractivity contribution in [3.8, 4) is 0 Å². The van der Waals surface area contributed by atoms with E-state index in [0.717, 1.165) is 6.42 Å². The predicted octanol–water partition coefficient (Wildman–Crippen LogP) is 4.90. The first kappa shape index (κ1) is 37.3. The normalized spacial score (nSPS) is 42.8. The van der Waals surface area contributed by atoms with Crippen LogP contribution in [0.25, 0.3) is 0 Å². The number of hydrogen-bond acceptors (Lipinski definition) is 10. The lowest BCUT2D eigenvalue weighted by molar-refractivity contribution is -0.332. The van der Waals surface area contributed by atoms with Gasteiger partial charge in [0.2, 0.25) is 0 Å². The second kappa shape index (κ2) is 14.3. The van der Waals surface area contributed by atoms with Crippen LogP contribution in [0.15, 0.2) is 0 Å². The maximum Gasteiger partial charge on any atom is 0.344 e. The Morgan fingerprint density at radius 1 is 0.955 bits per heavy atom. The Kier molecular flexibility index (Phi) is 12.1. The molecule has 4 N–H and O–H groups in total. The number of rotatable bonds is 13. The fourth-order valence-corrected chi connectivity index (χ4v) is 8.86. The van der Waals surface area contributed by atoms with Gasteiger partial charge in [-0.1, -0.05) is 62.3 Å². The van der Waals surface area contributed by atoms with Crippen molar-refractivity contribution in [3.05, 3.63) is 0 Å². The quantitative estimate of drug-likeness (QED) is 0.164. The highest BCUT2D eigenvalue weighted by molar-refractivity contribution is 5.84. The molecule has 0 aliphatic carbocycles. The molecule has 3 aliphatic heterocycles. The smallest absolute Gasteiger partial charge is 0.344 e. The number of carbonyl (C=O) groups excluding carboxylic acids is 2. The number of Topliss-reactive ketones (excluding diaryl/α,β-unsaturated/α-hetero) is 1.